The number of halogens is 1. The van der Waals surface area contributed by atoms with Crippen molar-refractivity contribution in [1.29, 1.82) is 0 Å². The van der Waals surface area contributed by atoms with Crippen molar-refractivity contribution in [3.05, 3.63) is 23.5 Å². The number of carbonyl (C=O) groups is 2. The van der Waals surface area contributed by atoms with E-state index in [-0.39, 0.29) is 11.6 Å². The van der Waals surface area contributed by atoms with E-state index in [2.05, 4.69) is 17.3 Å². The van der Waals surface area contributed by atoms with E-state index in [4.69, 9.17) is 0 Å². The lowest BCUT2D eigenvalue weighted by Crippen LogP contribution is -2.45. The first kappa shape index (κ1) is 14.0. The zero-order valence-electron chi connectivity index (χ0n) is 12.1. The van der Waals surface area contributed by atoms with Crippen LogP contribution in [0.1, 0.15) is 23.2 Å². The molecule has 1 unspecified atom stereocenters. The van der Waals surface area contributed by atoms with Crippen molar-refractivity contribution in [2.24, 2.45) is 0 Å². The van der Waals surface area contributed by atoms with Crippen LogP contribution < -0.4 is 10.2 Å². The van der Waals surface area contributed by atoms with Gasteiger partial charge in [0.1, 0.15) is 5.82 Å². The number of likely N-dealkylation sites (N-methyl/N-ethyl adjacent to an activating group) is 2. The van der Waals surface area contributed by atoms with Gasteiger partial charge in [-0.3, -0.25) is 9.59 Å². The number of ketones is 1. The maximum atomic E-state index is 14.3. The van der Waals surface area contributed by atoms with Gasteiger partial charge < -0.3 is 15.1 Å². The molecular formula is C15H18FN3O2. The number of Topliss-reactive ketones (excluding diaryl/α,β-unsaturated/α-hetero) is 1. The number of nitrogens with one attached hydrogen (secondary N) is 1. The summed E-state index contributed by atoms with van der Waals surface area (Å²) in [6.07, 6.45) is 2.08. The van der Waals surface area contributed by atoms with Crippen LogP contribution in [0.5, 0.6) is 0 Å². The number of rotatable bonds is 2. The summed E-state index contributed by atoms with van der Waals surface area (Å²) < 4.78 is 14.3. The number of hydrogen-bond acceptors (Lipinski definition) is 4. The van der Waals surface area contributed by atoms with Crippen molar-refractivity contribution in [3.63, 3.8) is 0 Å². The molecule has 0 radical (unpaired) electrons. The molecule has 0 aromatic heterocycles. The second-order valence-corrected chi connectivity index (χ2v) is 5.80. The maximum Gasteiger partial charge on any atom is 0.296 e. The fourth-order valence-electron chi connectivity index (χ4n) is 3.08. The summed E-state index contributed by atoms with van der Waals surface area (Å²) in [6.45, 7) is 1.93. The average Bonchev–Trinajstić information content (AvgIpc) is 2.73. The average molecular weight is 291 g/mol. The Morgan fingerprint density at radius 1 is 1.38 bits per heavy atom. The van der Waals surface area contributed by atoms with Gasteiger partial charge in [-0.15, -0.1) is 0 Å². The lowest BCUT2D eigenvalue weighted by atomic mass is 10.0. The molecule has 1 atom stereocenters. The van der Waals surface area contributed by atoms with Gasteiger partial charge in [-0.25, -0.2) is 4.39 Å². The molecule has 3 rings (SSSR count). The van der Waals surface area contributed by atoms with Gasteiger partial charge in [0.2, 0.25) is 0 Å². The van der Waals surface area contributed by atoms with Crippen molar-refractivity contribution in [3.8, 4) is 0 Å². The summed E-state index contributed by atoms with van der Waals surface area (Å²) >= 11 is 0. The van der Waals surface area contributed by atoms with Crippen LogP contribution in [0.4, 0.5) is 15.8 Å². The quantitative estimate of drug-likeness (QED) is 0.839. The van der Waals surface area contributed by atoms with Crippen LogP contribution >= 0.6 is 0 Å². The number of nitrogens with zero attached hydrogens (tertiary/aromatic N) is 2. The number of carbonyl (C=O) groups excluding carboxylic acids is 2. The Labute approximate surface area is 122 Å². The predicted molar refractivity (Wildman–Crippen MR) is 78.3 cm³/mol. The Kier molecular flexibility index (Phi) is 3.41. The summed E-state index contributed by atoms with van der Waals surface area (Å²) in [6, 6.07) is 2.94. The topological polar surface area (TPSA) is 52.7 Å². The Hall–Kier alpha value is -1.95. The molecule has 112 valence electrons. The Bertz CT molecular complexity index is 617. The van der Waals surface area contributed by atoms with E-state index in [9.17, 15) is 14.0 Å². The molecule has 2 heterocycles. The van der Waals surface area contributed by atoms with Gasteiger partial charge in [0, 0.05) is 19.6 Å². The SMILES string of the molecule is CN1CCCC(N(C)c2cc3c(cc2F)C(=O)C(=O)N3)C1. The molecule has 6 heteroatoms. The third-order valence-electron chi connectivity index (χ3n) is 4.31. The number of benzene rings is 1. The predicted octanol–water partition coefficient (Wildman–Crippen LogP) is 1.49. The van der Waals surface area contributed by atoms with E-state index < -0.39 is 17.5 Å². The summed E-state index contributed by atoms with van der Waals surface area (Å²) in [5.74, 6) is -1.83. The number of anilines is 2. The molecule has 1 saturated heterocycles. The van der Waals surface area contributed by atoms with Crippen molar-refractivity contribution in [2.75, 3.05) is 37.4 Å². The lowest BCUT2D eigenvalue weighted by Gasteiger charge is -2.37. The molecule has 5 nitrogen and oxygen atoms in total. The number of amides is 1. The van der Waals surface area contributed by atoms with Crippen LogP contribution in [0.3, 0.4) is 0 Å². The molecule has 1 N–H and O–H groups in total. The molecule has 2 aliphatic rings. The van der Waals surface area contributed by atoms with Gasteiger partial charge in [0.15, 0.2) is 0 Å². The molecular weight excluding hydrogens is 273 g/mol. The smallest absolute Gasteiger partial charge is 0.296 e. The monoisotopic (exact) mass is 291 g/mol. The first-order chi connectivity index (χ1) is 9.97. The van der Waals surface area contributed by atoms with Crippen LogP contribution in [-0.4, -0.2) is 49.8 Å². The van der Waals surface area contributed by atoms with E-state index in [1.54, 1.807) is 6.07 Å². The molecule has 1 amide bonds. The van der Waals surface area contributed by atoms with Crippen molar-refractivity contribution in [1.82, 2.24) is 4.90 Å². The maximum absolute atomic E-state index is 14.3. The van der Waals surface area contributed by atoms with Gasteiger partial charge in [0.25, 0.3) is 11.7 Å². The van der Waals surface area contributed by atoms with Crippen LogP contribution in [0.2, 0.25) is 0 Å². The van der Waals surface area contributed by atoms with E-state index in [1.165, 1.54) is 0 Å². The molecule has 0 saturated carbocycles. The normalized spacial score (nSPS) is 22.1. The zero-order chi connectivity index (χ0) is 15.1. The third kappa shape index (κ3) is 2.40. The summed E-state index contributed by atoms with van der Waals surface area (Å²) in [7, 11) is 3.91. The van der Waals surface area contributed by atoms with Gasteiger partial charge in [-0.05, 0) is 38.6 Å². The van der Waals surface area contributed by atoms with Crippen molar-refractivity contribution < 1.29 is 14.0 Å². The van der Waals surface area contributed by atoms with Crippen LogP contribution in [0, 0.1) is 5.82 Å². The molecule has 0 spiro atoms. The van der Waals surface area contributed by atoms with Crippen LogP contribution in [0.15, 0.2) is 12.1 Å². The third-order valence-corrected chi connectivity index (χ3v) is 4.31. The molecule has 2 aliphatic heterocycles. The Morgan fingerprint density at radius 2 is 2.14 bits per heavy atom. The summed E-state index contributed by atoms with van der Waals surface area (Å²) in [5, 5.41) is 2.49. The fourth-order valence-corrected chi connectivity index (χ4v) is 3.08. The molecule has 1 aromatic rings. The molecule has 21 heavy (non-hydrogen) atoms. The highest BCUT2D eigenvalue weighted by molar-refractivity contribution is 6.51. The number of hydrogen-bond donors (Lipinski definition) is 1. The number of fused-ring (bicyclic) bond motifs is 1. The highest BCUT2D eigenvalue weighted by atomic mass is 19.1. The first-order valence-electron chi connectivity index (χ1n) is 7.08. The van der Waals surface area contributed by atoms with Crippen molar-refractivity contribution >= 4 is 23.1 Å². The highest BCUT2D eigenvalue weighted by Crippen LogP contribution is 2.32. The second-order valence-electron chi connectivity index (χ2n) is 5.80. The van der Waals surface area contributed by atoms with E-state index in [0.29, 0.717) is 11.4 Å². The van der Waals surface area contributed by atoms with E-state index >= 15 is 0 Å². The van der Waals surface area contributed by atoms with Crippen molar-refractivity contribution in [2.45, 2.75) is 18.9 Å². The molecule has 1 fully saturated rings. The number of likely N-dealkylation sites (tertiary alicyclic amines) is 1. The van der Waals surface area contributed by atoms with Gasteiger partial charge in [-0.1, -0.05) is 0 Å². The fraction of sp³-hybridized carbons (Fsp3) is 0.467. The van der Waals surface area contributed by atoms with E-state index in [0.717, 1.165) is 32.0 Å². The highest BCUT2D eigenvalue weighted by Gasteiger charge is 2.31. The molecule has 0 bridgehead atoms. The van der Waals surface area contributed by atoms with Gasteiger partial charge >= 0.3 is 0 Å². The summed E-state index contributed by atoms with van der Waals surface area (Å²) in [4.78, 5) is 27.1. The van der Waals surface area contributed by atoms with Gasteiger partial charge in [-0.2, -0.15) is 0 Å². The zero-order valence-corrected chi connectivity index (χ0v) is 12.1. The standard InChI is InChI=1S/C15H18FN3O2/c1-18-5-3-4-9(8-18)19(2)13-7-12-10(6-11(13)16)14(20)15(21)17-12/h6-7,9H,3-5,8H2,1-2H3,(H,17,20,21). The molecule has 1 aromatic carbocycles. The largest absolute Gasteiger partial charge is 0.368 e. The first-order valence-corrected chi connectivity index (χ1v) is 7.08. The minimum absolute atomic E-state index is 0.121. The van der Waals surface area contributed by atoms with Crippen LogP contribution in [0.25, 0.3) is 0 Å². The second kappa shape index (κ2) is 5.11. The molecule has 0 aliphatic carbocycles. The Morgan fingerprint density at radius 3 is 2.86 bits per heavy atom. The van der Waals surface area contributed by atoms with E-state index in [1.807, 2.05) is 11.9 Å². The summed E-state index contributed by atoms with van der Waals surface area (Å²) in [5.41, 5.74) is 0.942. The number of piperidine rings is 1. The lowest BCUT2D eigenvalue weighted by molar-refractivity contribution is -0.112. The van der Waals surface area contributed by atoms with Crippen LogP contribution in [-0.2, 0) is 4.79 Å². The minimum Gasteiger partial charge on any atom is -0.368 e. The minimum atomic E-state index is -0.693. The van der Waals surface area contributed by atoms with Gasteiger partial charge in [0.05, 0.1) is 16.9 Å². The Balaban J connectivity index is 1.91.